The Bertz CT molecular complexity index is 335. The molecule has 1 nitrogen and oxygen atoms in total. The van der Waals surface area contributed by atoms with Crippen LogP contribution in [0.25, 0.3) is 0 Å². The fraction of sp³-hybridized carbons (Fsp3) is 0.250. The number of rotatable bonds is 3. The molecule has 0 atom stereocenters. The zero-order valence-corrected chi connectivity index (χ0v) is 10.2. The summed E-state index contributed by atoms with van der Waals surface area (Å²) in [5, 5.41) is 0.209. The molecule has 6 heteroatoms. The number of alkyl halides is 2. The molecule has 1 rings (SSSR count). The molecule has 1 aromatic carbocycles. The van der Waals surface area contributed by atoms with Crippen molar-refractivity contribution in [1.29, 1.82) is 0 Å². The minimum atomic E-state index is -2.86. The summed E-state index contributed by atoms with van der Waals surface area (Å²) in [5.74, 6) is -0.0135. The zero-order chi connectivity index (χ0) is 10.7. The van der Waals surface area contributed by atoms with Crippen LogP contribution >= 0.6 is 39.3 Å². The normalized spacial score (nSPS) is 10.7. The topological polar surface area (TPSA) is 9.23 Å². The molecule has 0 aromatic heterocycles. The number of hydrogen-bond donors (Lipinski definition) is 0. The van der Waals surface area contributed by atoms with Gasteiger partial charge in [0, 0.05) is 9.37 Å². The van der Waals surface area contributed by atoms with Crippen molar-refractivity contribution < 1.29 is 13.5 Å². The van der Waals surface area contributed by atoms with E-state index in [4.69, 9.17) is 11.6 Å². The number of ether oxygens (including phenoxy) is 1. The van der Waals surface area contributed by atoms with Gasteiger partial charge in [-0.1, -0.05) is 27.5 Å². The van der Waals surface area contributed by atoms with Gasteiger partial charge in [0.2, 0.25) is 0 Å². The Balaban J connectivity index is 3.08. The maximum Gasteiger partial charge on any atom is 0.387 e. The minimum Gasteiger partial charge on any atom is -0.433 e. The van der Waals surface area contributed by atoms with Crippen LogP contribution in [0.2, 0.25) is 5.02 Å². The maximum absolute atomic E-state index is 12.0. The molecule has 78 valence electrons. The van der Waals surface area contributed by atoms with Gasteiger partial charge in [-0.25, -0.2) is 0 Å². The van der Waals surface area contributed by atoms with E-state index < -0.39 is 6.61 Å². The van der Waals surface area contributed by atoms with E-state index in [9.17, 15) is 8.78 Å². The van der Waals surface area contributed by atoms with Crippen molar-refractivity contribution in [2.75, 3.05) is 6.26 Å². The lowest BCUT2D eigenvalue weighted by Gasteiger charge is -2.09. The highest BCUT2D eigenvalue weighted by Gasteiger charge is 2.12. The maximum atomic E-state index is 12.0. The van der Waals surface area contributed by atoms with E-state index in [1.54, 1.807) is 12.3 Å². The first-order valence-corrected chi connectivity index (χ1v) is 5.92. The largest absolute Gasteiger partial charge is 0.433 e. The summed E-state index contributed by atoms with van der Waals surface area (Å²) in [5.41, 5.74) is 0. The number of thioether (sulfide) groups is 1. The van der Waals surface area contributed by atoms with Crippen molar-refractivity contribution in [3.05, 3.63) is 21.6 Å². The van der Waals surface area contributed by atoms with Crippen LogP contribution in [-0.2, 0) is 0 Å². The SMILES string of the molecule is CSc1cc(Br)cc(OC(F)F)c1Cl. The third-order valence-corrected chi connectivity index (χ3v) is 3.13. The predicted octanol–water partition coefficient (Wildman–Crippen LogP) is 4.43. The van der Waals surface area contributed by atoms with Crippen molar-refractivity contribution in [3.8, 4) is 5.75 Å². The number of benzene rings is 1. The summed E-state index contributed by atoms with van der Waals surface area (Å²) >= 11 is 10.4. The second-order valence-corrected chi connectivity index (χ2v) is 4.44. The van der Waals surface area contributed by atoms with Gasteiger partial charge < -0.3 is 4.74 Å². The highest BCUT2D eigenvalue weighted by atomic mass is 79.9. The second-order valence-electron chi connectivity index (χ2n) is 2.30. The predicted molar refractivity (Wildman–Crippen MR) is 57.6 cm³/mol. The first-order chi connectivity index (χ1) is 6.54. The summed E-state index contributed by atoms with van der Waals surface area (Å²) in [4.78, 5) is 0.691. The summed E-state index contributed by atoms with van der Waals surface area (Å²) < 4.78 is 28.8. The van der Waals surface area contributed by atoms with E-state index in [0.29, 0.717) is 9.37 Å². The zero-order valence-electron chi connectivity index (χ0n) is 7.06. The molecular weight excluding hydrogens is 298 g/mol. The van der Waals surface area contributed by atoms with Crippen molar-refractivity contribution in [1.82, 2.24) is 0 Å². The quantitative estimate of drug-likeness (QED) is 0.764. The van der Waals surface area contributed by atoms with Gasteiger partial charge in [0.15, 0.2) is 0 Å². The van der Waals surface area contributed by atoms with Crippen LogP contribution in [0.1, 0.15) is 0 Å². The van der Waals surface area contributed by atoms with Gasteiger partial charge in [-0.15, -0.1) is 11.8 Å². The molecule has 0 aliphatic carbocycles. The molecule has 14 heavy (non-hydrogen) atoms. The van der Waals surface area contributed by atoms with Gasteiger partial charge in [0.05, 0.1) is 5.02 Å². The van der Waals surface area contributed by atoms with E-state index in [2.05, 4.69) is 20.7 Å². The molecule has 0 saturated heterocycles. The Hall–Kier alpha value is -0.000000000000000111. The first-order valence-electron chi connectivity index (χ1n) is 3.52. The Kier molecular flexibility index (Phi) is 4.47. The van der Waals surface area contributed by atoms with Gasteiger partial charge in [-0.2, -0.15) is 8.78 Å². The monoisotopic (exact) mass is 302 g/mol. The first kappa shape index (κ1) is 12.1. The van der Waals surface area contributed by atoms with Crippen molar-refractivity contribution in [2.45, 2.75) is 11.5 Å². The van der Waals surface area contributed by atoms with Gasteiger partial charge in [-0.3, -0.25) is 0 Å². The lowest BCUT2D eigenvalue weighted by molar-refractivity contribution is -0.0499. The average molecular weight is 304 g/mol. The van der Waals surface area contributed by atoms with Gasteiger partial charge in [-0.05, 0) is 18.4 Å². The van der Waals surface area contributed by atoms with Gasteiger partial charge in [0.1, 0.15) is 5.75 Å². The molecular formula is C8H6BrClF2OS. The van der Waals surface area contributed by atoms with E-state index >= 15 is 0 Å². The molecule has 0 bridgehead atoms. The smallest absolute Gasteiger partial charge is 0.387 e. The number of hydrogen-bond acceptors (Lipinski definition) is 2. The summed E-state index contributed by atoms with van der Waals surface area (Å²) in [6.45, 7) is -2.86. The van der Waals surface area contributed by atoms with E-state index in [1.165, 1.54) is 17.8 Å². The lowest BCUT2D eigenvalue weighted by Crippen LogP contribution is -2.02. The van der Waals surface area contributed by atoms with Gasteiger partial charge >= 0.3 is 6.61 Å². The van der Waals surface area contributed by atoms with E-state index in [1.807, 2.05) is 0 Å². The second kappa shape index (κ2) is 5.19. The summed E-state index contributed by atoms with van der Waals surface area (Å²) in [7, 11) is 0. The molecule has 0 fully saturated rings. The Morgan fingerprint density at radius 3 is 2.64 bits per heavy atom. The Morgan fingerprint density at radius 2 is 2.14 bits per heavy atom. The molecule has 0 radical (unpaired) electrons. The van der Waals surface area contributed by atoms with Crippen LogP contribution < -0.4 is 4.74 Å². The third kappa shape index (κ3) is 3.00. The average Bonchev–Trinajstić information content (AvgIpc) is 2.09. The van der Waals surface area contributed by atoms with Crippen LogP contribution in [0.15, 0.2) is 21.5 Å². The summed E-state index contributed by atoms with van der Waals surface area (Å²) in [6, 6.07) is 3.15. The van der Waals surface area contributed by atoms with Crippen LogP contribution in [-0.4, -0.2) is 12.9 Å². The molecule has 0 spiro atoms. The standard InChI is InChI=1S/C8H6BrClF2OS/c1-14-6-3-4(9)2-5(7(6)10)13-8(11)12/h2-3,8H,1H3. The van der Waals surface area contributed by atoms with E-state index in [0.717, 1.165) is 0 Å². The third-order valence-electron chi connectivity index (χ3n) is 1.41. The van der Waals surface area contributed by atoms with Crippen molar-refractivity contribution in [3.63, 3.8) is 0 Å². The van der Waals surface area contributed by atoms with Crippen LogP contribution in [0.4, 0.5) is 8.78 Å². The molecule has 0 amide bonds. The molecule has 0 aliphatic rings. The van der Waals surface area contributed by atoms with Crippen LogP contribution in [0.5, 0.6) is 5.75 Å². The molecule has 0 N–H and O–H groups in total. The van der Waals surface area contributed by atoms with Crippen molar-refractivity contribution in [2.24, 2.45) is 0 Å². The molecule has 0 saturated carbocycles. The molecule has 0 heterocycles. The molecule has 0 aliphatic heterocycles. The minimum absolute atomic E-state index is 0.0135. The highest BCUT2D eigenvalue weighted by Crippen LogP contribution is 2.37. The van der Waals surface area contributed by atoms with Crippen LogP contribution in [0, 0.1) is 0 Å². The van der Waals surface area contributed by atoms with Gasteiger partial charge in [0.25, 0.3) is 0 Å². The Labute approximate surface area is 97.9 Å². The van der Waals surface area contributed by atoms with E-state index in [-0.39, 0.29) is 10.8 Å². The number of halogens is 4. The van der Waals surface area contributed by atoms with Crippen molar-refractivity contribution >= 4 is 39.3 Å². The highest BCUT2D eigenvalue weighted by molar-refractivity contribution is 9.10. The molecule has 0 unspecified atom stereocenters. The fourth-order valence-electron chi connectivity index (χ4n) is 0.871. The van der Waals surface area contributed by atoms with Crippen LogP contribution in [0.3, 0.4) is 0 Å². The Morgan fingerprint density at radius 1 is 1.50 bits per heavy atom. The molecule has 1 aromatic rings. The lowest BCUT2D eigenvalue weighted by atomic mass is 10.3. The fourth-order valence-corrected chi connectivity index (χ4v) is 2.37. The summed E-state index contributed by atoms with van der Waals surface area (Å²) in [6.07, 6.45) is 1.81.